The molecular formula is C22H32N2O6. The van der Waals surface area contributed by atoms with Crippen LogP contribution in [0.4, 0.5) is 0 Å². The lowest BCUT2D eigenvalue weighted by Crippen LogP contribution is -2.51. The first-order valence-corrected chi connectivity index (χ1v) is 11.3. The van der Waals surface area contributed by atoms with Crippen molar-refractivity contribution in [2.24, 2.45) is 40.9 Å². The molecule has 0 radical (unpaired) electrons. The van der Waals surface area contributed by atoms with E-state index in [1.807, 2.05) is 0 Å². The van der Waals surface area contributed by atoms with E-state index in [0.717, 1.165) is 17.8 Å². The van der Waals surface area contributed by atoms with E-state index < -0.39 is 22.7 Å². The number of nitro groups is 1. The number of ketones is 1. The van der Waals surface area contributed by atoms with E-state index >= 15 is 0 Å². The van der Waals surface area contributed by atoms with Crippen molar-refractivity contribution in [2.45, 2.75) is 58.3 Å². The lowest BCUT2D eigenvalue weighted by Gasteiger charge is -2.56. The highest BCUT2D eigenvalue weighted by atomic mass is 16.6. The molecule has 0 unspecified atom stereocenters. The van der Waals surface area contributed by atoms with Crippen molar-refractivity contribution in [3.8, 4) is 0 Å². The van der Waals surface area contributed by atoms with Crippen LogP contribution in [0.5, 0.6) is 0 Å². The zero-order chi connectivity index (χ0) is 21.5. The fourth-order valence-electron chi connectivity index (χ4n) is 7.23. The Labute approximate surface area is 176 Å². The Hall–Kier alpha value is -1.99. The predicted octanol–water partition coefficient (Wildman–Crippen LogP) is 2.37. The van der Waals surface area contributed by atoms with Gasteiger partial charge in [0.25, 0.3) is 5.91 Å². The molecule has 0 aromatic carbocycles. The van der Waals surface area contributed by atoms with Crippen molar-refractivity contribution in [3.63, 3.8) is 0 Å². The van der Waals surface area contributed by atoms with Crippen molar-refractivity contribution in [3.05, 3.63) is 10.1 Å². The Balaban J connectivity index is 1.22. The summed E-state index contributed by atoms with van der Waals surface area (Å²) in [4.78, 5) is 47.0. The highest BCUT2D eigenvalue weighted by Crippen LogP contribution is 2.59. The SMILES string of the molecule is C[C@@H]1CC(=O)[C@H](CC(=O)OCC(=O)NCC23CC4CC(CC(C4)C2)C3)[C@@H]1C[N+](=O)[O-]. The highest BCUT2D eigenvalue weighted by molar-refractivity contribution is 5.88. The fraction of sp³-hybridized carbons (Fsp3) is 0.864. The number of nitrogens with one attached hydrogen (secondary N) is 1. The van der Waals surface area contributed by atoms with Crippen LogP contribution in [0.3, 0.4) is 0 Å². The lowest BCUT2D eigenvalue weighted by atomic mass is 9.49. The zero-order valence-electron chi connectivity index (χ0n) is 17.6. The normalized spacial score (nSPS) is 39.2. The number of amides is 1. The Morgan fingerprint density at radius 2 is 1.77 bits per heavy atom. The first kappa shape index (κ1) is 21.2. The van der Waals surface area contributed by atoms with Crippen molar-refractivity contribution < 1.29 is 24.0 Å². The van der Waals surface area contributed by atoms with Gasteiger partial charge in [-0.05, 0) is 67.6 Å². The average Bonchev–Trinajstić information content (AvgIpc) is 2.90. The molecule has 1 amide bonds. The maximum absolute atomic E-state index is 12.3. The van der Waals surface area contributed by atoms with E-state index in [4.69, 9.17) is 4.74 Å². The molecule has 166 valence electrons. The molecule has 0 aromatic heterocycles. The molecule has 30 heavy (non-hydrogen) atoms. The molecule has 8 nitrogen and oxygen atoms in total. The van der Waals surface area contributed by atoms with Gasteiger partial charge in [-0.2, -0.15) is 0 Å². The van der Waals surface area contributed by atoms with Gasteiger partial charge in [0.05, 0.1) is 6.42 Å². The summed E-state index contributed by atoms with van der Waals surface area (Å²) in [5.74, 6) is 0.0888. The van der Waals surface area contributed by atoms with Gasteiger partial charge in [-0.1, -0.05) is 6.92 Å². The fourth-order valence-corrected chi connectivity index (χ4v) is 7.23. The molecule has 5 aliphatic carbocycles. The minimum atomic E-state index is -0.687. The monoisotopic (exact) mass is 420 g/mol. The summed E-state index contributed by atoms with van der Waals surface area (Å²) < 4.78 is 5.10. The third kappa shape index (κ3) is 4.52. The van der Waals surface area contributed by atoms with Crippen molar-refractivity contribution in [2.75, 3.05) is 19.7 Å². The summed E-state index contributed by atoms with van der Waals surface area (Å²) in [6.45, 7) is 1.77. The van der Waals surface area contributed by atoms with Crippen molar-refractivity contribution >= 4 is 17.7 Å². The number of nitrogens with zero attached hydrogens (tertiary/aromatic N) is 1. The number of hydrogen-bond donors (Lipinski definition) is 1. The first-order chi connectivity index (χ1) is 14.2. The van der Waals surface area contributed by atoms with E-state index in [2.05, 4.69) is 5.32 Å². The van der Waals surface area contributed by atoms with Gasteiger partial charge in [-0.3, -0.25) is 24.5 Å². The Morgan fingerprint density at radius 1 is 1.17 bits per heavy atom. The number of esters is 1. The van der Waals surface area contributed by atoms with Gasteiger partial charge in [-0.25, -0.2) is 0 Å². The Kier molecular flexibility index (Phi) is 5.86. The summed E-state index contributed by atoms with van der Waals surface area (Å²) in [5.41, 5.74) is 0.219. The van der Waals surface area contributed by atoms with Gasteiger partial charge in [0, 0.05) is 29.7 Å². The molecule has 0 saturated heterocycles. The quantitative estimate of drug-likeness (QED) is 0.366. The van der Waals surface area contributed by atoms with Crippen LogP contribution < -0.4 is 5.32 Å². The lowest BCUT2D eigenvalue weighted by molar-refractivity contribution is -0.490. The van der Waals surface area contributed by atoms with Crippen LogP contribution >= 0.6 is 0 Å². The number of Topliss-reactive ketones (excluding diaryl/α,β-unsaturated/α-hetero) is 1. The summed E-state index contributed by atoms with van der Waals surface area (Å²) in [7, 11) is 0. The Morgan fingerprint density at radius 3 is 2.33 bits per heavy atom. The van der Waals surface area contributed by atoms with E-state index in [-0.39, 0.29) is 49.0 Å². The number of carbonyl (C=O) groups excluding carboxylic acids is 3. The molecule has 0 spiro atoms. The van der Waals surface area contributed by atoms with E-state index in [1.165, 1.54) is 38.5 Å². The van der Waals surface area contributed by atoms with Crippen molar-refractivity contribution in [1.29, 1.82) is 0 Å². The van der Waals surface area contributed by atoms with Crippen LogP contribution in [0.15, 0.2) is 0 Å². The molecule has 8 heteroatoms. The largest absolute Gasteiger partial charge is 0.456 e. The molecule has 5 fully saturated rings. The van der Waals surface area contributed by atoms with Gasteiger partial charge in [-0.15, -0.1) is 0 Å². The second-order valence-electron chi connectivity index (χ2n) is 10.5. The third-order valence-electron chi connectivity index (χ3n) is 8.12. The van der Waals surface area contributed by atoms with E-state index in [9.17, 15) is 24.5 Å². The summed E-state index contributed by atoms with van der Waals surface area (Å²) in [6, 6.07) is 0. The highest BCUT2D eigenvalue weighted by Gasteiger charge is 2.50. The van der Waals surface area contributed by atoms with Crippen LogP contribution in [-0.4, -0.2) is 42.3 Å². The van der Waals surface area contributed by atoms with Crippen LogP contribution in [0.2, 0.25) is 0 Å². The van der Waals surface area contributed by atoms with Crippen LogP contribution in [-0.2, 0) is 19.1 Å². The summed E-state index contributed by atoms with van der Waals surface area (Å²) in [5, 5.41) is 13.8. The molecule has 1 N–H and O–H groups in total. The molecule has 5 saturated carbocycles. The molecule has 3 atom stereocenters. The zero-order valence-corrected chi connectivity index (χ0v) is 17.6. The third-order valence-corrected chi connectivity index (χ3v) is 8.12. The standard InChI is InChI=1S/C22H32N2O6/c1-13-2-19(25)17(18(13)10-24(28)29)6-21(27)30-11-20(26)23-12-22-7-14-3-15(8-22)5-16(4-14)9-22/h13-18H,2-12H2,1H3,(H,23,26)/t13-,14?,15?,16?,17-,18-,22?/m1/s1. The predicted molar refractivity (Wildman–Crippen MR) is 107 cm³/mol. The molecule has 0 aromatic rings. The summed E-state index contributed by atoms with van der Waals surface area (Å²) >= 11 is 0. The number of ether oxygens (including phenoxy) is 1. The smallest absolute Gasteiger partial charge is 0.307 e. The first-order valence-electron chi connectivity index (χ1n) is 11.3. The van der Waals surface area contributed by atoms with Gasteiger partial charge >= 0.3 is 5.97 Å². The van der Waals surface area contributed by atoms with Crippen LogP contribution in [0, 0.1) is 51.0 Å². The number of hydrogen-bond acceptors (Lipinski definition) is 6. The minimum Gasteiger partial charge on any atom is -0.456 e. The second-order valence-corrected chi connectivity index (χ2v) is 10.5. The van der Waals surface area contributed by atoms with Crippen LogP contribution in [0.25, 0.3) is 0 Å². The van der Waals surface area contributed by atoms with E-state index in [0.29, 0.717) is 6.54 Å². The molecule has 5 rings (SSSR count). The van der Waals surface area contributed by atoms with Gasteiger partial charge < -0.3 is 10.1 Å². The Bertz CT molecular complexity index is 700. The maximum atomic E-state index is 12.3. The second kappa shape index (κ2) is 8.27. The van der Waals surface area contributed by atoms with Gasteiger partial charge in [0.15, 0.2) is 6.61 Å². The van der Waals surface area contributed by atoms with Gasteiger partial charge in [0.2, 0.25) is 6.54 Å². The number of carbonyl (C=O) groups is 3. The minimum absolute atomic E-state index is 0.121. The van der Waals surface area contributed by atoms with Crippen molar-refractivity contribution in [1.82, 2.24) is 5.32 Å². The van der Waals surface area contributed by atoms with E-state index in [1.54, 1.807) is 6.92 Å². The van der Waals surface area contributed by atoms with Gasteiger partial charge in [0.1, 0.15) is 5.78 Å². The topological polar surface area (TPSA) is 116 Å². The maximum Gasteiger partial charge on any atom is 0.307 e. The molecule has 0 heterocycles. The number of rotatable bonds is 8. The molecular weight excluding hydrogens is 388 g/mol. The summed E-state index contributed by atoms with van der Waals surface area (Å²) in [6.07, 6.45) is 7.69. The molecule has 4 bridgehead atoms. The molecule has 0 aliphatic heterocycles. The molecule has 5 aliphatic rings. The average molecular weight is 421 g/mol. The van der Waals surface area contributed by atoms with Crippen LogP contribution in [0.1, 0.15) is 58.3 Å².